The molecule has 1 aliphatic heterocycles. The molecule has 1 atom stereocenters. The molecule has 3 rings (SSSR count). The van der Waals surface area contributed by atoms with E-state index in [1.807, 2.05) is 49.4 Å². The Bertz CT molecular complexity index is 600. The summed E-state index contributed by atoms with van der Waals surface area (Å²) in [5.74, 6) is 0.808. The lowest BCUT2D eigenvalue weighted by molar-refractivity contribution is 0.00330. The lowest BCUT2D eigenvalue weighted by Gasteiger charge is -2.23. The van der Waals surface area contributed by atoms with Crippen LogP contribution in [0.2, 0.25) is 0 Å². The van der Waals surface area contributed by atoms with E-state index in [1.54, 1.807) is 6.20 Å². The minimum atomic E-state index is -0.778. The monoisotopic (exact) mass is 298 g/mol. The SMILES string of the molecule is Cc1ccc(OC[C@]2(O)CCN(Cc3ccccn3)C2)cc1. The van der Waals surface area contributed by atoms with Crippen LogP contribution in [-0.4, -0.2) is 40.3 Å². The second kappa shape index (κ2) is 6.46. The van der Waals surface area contributed by atoms with Crippen LogP contribution in [0.25, 0.3) is 0 Å². The summed E-state index contributed by atoms with van der Waals surface area (Å²) in [5, 5.41) is 10.7. The number of rotatable bonds is 5. The quantitative estimate of drug-likeness (QED) is 0.921. The van der Waals surface area contributed by atoms with Crippen molar-refractivity contribution in [2.24, 2.45) is 0 Å². The first kappa shape index (κ1) is 15.0. The molecule has 116 valence electrons. The number of likely N-dealkylation sites (tertiary alicyclic amines) is 1. The van der Waals surface area contributed by atoms with E-state index in [1.165, 1.54) is 5.56 Å². The Hall–Kier alpha value is -1.91. The Morgan fingerprint density at radius 3 is 2.77 bits per heavy atom. The number of β-amino-alcohol motifs (C(OH)–C–C–N with tert-alkyl or cyclic N) is 1. The number of hydrogen-bond acceptors (Lipinski definition) is 4. The van der Waals surface area contributed by atoms with Gasteiger partial charge in [0.15, 0.2) is 0 Å². The predicted octanol–water partition coefficient (Wildman–Crippen LogP) is 2.41. The third kappa shape index (κ3) is 3.84. The molecule has 0 spiro atoms. The molecular weight excluding hydrogens is 276 g/mol. The van der Waals surface area contributed by atoms with Crippen molar-refractivity contribution in [2.45, 2.75) is 25.5 Å². The molecule has 4 nitrogen and oxygen atoms in total. The van der Waals surface area contributed by atoms with Crippen molar-refractivity contribution in [2.75, 3.05) is 19.7 Å². The Balaban J connectivity index is 1.53. The number of aromatic nitrogens is 1. The summed E-state index contributed by atoms with van der Waals surface area (Å²) in [6.07, 6.45) is 2.53. The highest BCUT2D eigenvalue weighted by Crippen LogP contribution is 2.24. The summed E-state index contributed by atoms with van der Waals surface area (Å²) in [7, 11) is 0. The number of aliphatic hydroxyl groups is 1. The number of hydrogen-bond donors (Lipinski definition) is 1. The van der Waals surface area contributed by atoms with Crippen molar-refractivity contribution in [1.82, 2.24) is 9.88 Å². The molecule has 0 radical (unpaired) electrons. The van der Waals surface area contributed by atoms with Gasteiger partial charge in [0, 0.05) is 25.8 Å². The average Bonchev–Trinajstić information content (AvgIpc) is 2.89. The third-order valence-corrected chi connectivity index (χ3v) is 4.05. The summed E-state index contributed by atoms with van der Waals surface area (Å²) in [6.45, 7) is 4.63. The molecule has 0 amide bonds. The van der Waals surface area contributed by atoms with E-state index < -0.39 is 5.60 Å². The molecule has 0 unspecified atom stereocenters. The van der Waals surface area contributed by atoms with Crippen molar-refractivity contribution in [3.05, 3.63) is 59.9 Å². The molecule has 1 N–H and O–H groups in total. The zero-order valence-electron chi connectivity index (χ0n) is 12.9. The lowest BCUT2D eigenvalue weighted by Crippen LogP contribution is -2.39. The van der Waals surface area contributed by atoms with E-state index in [0.29, 0.717) is 13.2 Å². The van der Waals surface area contributed by atoms with Gasteiger partial charge in [-0.1, -0.05) is 23.8 Å². The predicted molar refractivity (Wildman–Crippen MR) is 85.8 cm³/mol. The third-order valence-electron chi connectivity index (χ3n) is 4.05. The Morgan fingerprint density at radius 1 is 1.23 bits per heavy atom. The summed E-state index contributed by atoms with van der Waals surface area (Å²) < 4.78 is 5.75. The molecular formula is C18H22N2O2. The van der Waals surface area contributed by atoms with Gasteiger partial charge in [0.2, 0.25) is 0 Å². The first-order valence-electron chi connectivity index (χ1n) is 7.67. The fourth-order valence-electron chi connectivity index (χ4n) is 2.77. The van der Waals surface area contributed by atoms with Gasteiger partial charge in [0.05, 0.1) is 5.69 Å². The molecule has 0 aliphatic carbocycles. The van der Waals surface area contributed by atoms with Gasteiger partial charge in [-0.3, -0.25) is 9.88 Å². The van der Waals surface area contributed by atoms with Gasteiger partial charge >= 0.3 is 0 Å². The van der Waals surface area contributed by atoms with Crippen LogP contribution in [0.5, 0.6) is 5.75 Å². The molecule has 1 aromatic carbocycles. The molecule has 1 saturated heterocycles. The van der Waals surface area contributed by atoms with Crippen molar-refractivity contribution >= 4 is 0 Å². The van der Waals surface area contributed by atoms with E-state index in [4.69, 9.17) is 4.74 Å². The topological polar surface area (TPSA) is 45.6 Å². The molecule has 2 aromatic rings. The maximum atomic E-state index is 10.7. The molecule has 1 aliphatic rings. The Labute approximate surface area is 131 Å². The van der Waals surface area contributed by atoms with Gasteiger partial charge in [-0.2, -0.15) is 0 Å². The highest BCUT2D eigenvalue weighted by Gasteiger charge is 2.36. The van der Waals surface area contributed by atoms with Gasteiger partial charge in [-0.25, -0.2) is 0 Å². The van der Waals surface area contributed by atoms with E-state index >= 15 is 0 Å². The second-order valence-corrected chi connectivity index (χ2v) is 6.11. The van der Waals surface area contributed by atoms with Gasteiger partial charge in [-0.05, 0) is 37.6 Å². The van der Waals surface area contributed by atoms with Crippen LogP contribution in [0.1, 0.15) is 17.7 Å². The fourth-order valence-corrected chi connectivity index (χ4v) is 2.77. The number of ether oxygens (including phenoxy) is 1. The van der Waals surface area contributed by atoms with E-state index in [-0.39, 0.29) is 0 Å². The number of nitrogens with zero attached hydrogens (tertiary/aromatic N) is 2. The lowest BCUT2D eigenvalue weighted by atomic mass is 10.1. The maximum Gasteiger partial charge on any atom is 0.119 e. The first-order valence-corrected chi connectivity index (χ1v) is 7.67. The van der Waals surface area contributed by atoms with Crippen molar-refractivity contribution in [3.63, 3.8) is 0 Å². The van der Waals surface area contributed by atoms with Gasteiger partial charge in [0.1, 0.15) is 18.0 Å². The van der Waals surface area contributed by atoms with E-state index in [9.17, 15) is 5.11 Å². The summed E-state index contributed by atoms with van der Waals surface area (Å²) in [4.78, 5) is 6.56. The molecule has 22 heavy (non-hydrogen) atoms. The van der Waals surface area contributed by atoms with Crippen LogP contribution < -0.4 is 4.74 Å². The van der Waals surface area contributed by atoms with Crippen LogP contribution in [0, 0.1) is 6.92 Å². The maximum absolute atomic E-state index is 10.7. The highest BCUT2D eigenvalue weighted by atomic mass is 16.5. The summed E-state index contributed by atoms with van der Waals surface area (Å²) >= 11 is 0. The molecule has 2 heterocycles. The average molecular weight is 298 g/mol. The fraction of sp³-hybridized carbons (Fsp3) is 0.389. The molecule has 0 bridgehead atoms. The normalized spacial score (nSPS) is 21.9. The number of pyridine rings is 1. The highest BCUT2D eigenvalue weighted by molar-refractivity contribution is 5.26. The smallest absolute Gasteiger partial charge is 0.119 e. The number of aryl methyl sites for hydroxylation is 1. The largest absolute Gasteiger partial charge is 0.491 e. The molecule has 1 aromatic heterocycles. The zero-order valence-corrected chi connectivity index (χ0v) is 12.9. The molecule has 1 fully saturated rings. The van der Waals surface area contributed by atoms with Crippen molar-refractivity contribution in [3.8, 4) is 5.75 Å². The van der Waals surface area contributed by atoms with Crippen LogP contribution in [0.15, 0.2) is 48.7 Å². The minimum absolute atomic E-state index is 0.328. The second-order valence-electron chi connectivity index (χ2n) is 6.11. The Kier molecular flexibility index (Phi) is 4.41. The summed E-state index contributed by atoms with van der Waals surface area (Å²) in [6, 6.07) is 13.8. The van der Waals surface area contributed by atoms with Gasteiger partial charge < -0.3 is 9.84 Å². The first-order chi connectivity index (χ1) is 10.6. The Morgan fingerprint density at radius 2 is 2.05 bits per heavy atom. The van der Waals surface area contributed by atoms with Crippen LogP contribution in [0.3, 0.4) is 0 Å². The summed E-state index contributed by atoms with van der Waals surface area (Å²) in [5.41, 5.74) is 1.46. The van der Waals surface area contributed by atoms with Crippen LogP contribution in [-0.2, 0) is 6.54 Å². The standard InChI is InChI=1S/C18H22N2O2/c1-15-5-7-17(8-6-15)22-14-18(21)9-11-20(13-18)12-16-4-2-3-10-19-16/h2-8,10,21H,9,11-14H2,1H3/t18-/m0/s1. The zero-order chi connectivity index (χ0) is 15.4. The molecule has 0 saturated carbocycles. The minimum Gasteiger partial charge on any atom is -0.491 e. The molecule has 4 heteroatoms. The van der Waals surface area contributed by atoms with Gasteiger partial charge in [0.25, 0.3) is 0 Å². The van der Waals surface area contributed by atoms with Crippen molar-refractivity contribution < 1.29 is 9.84 Å². The van der Waals surface area contributed by atoms with Crippen LogP contribution in [0.4, 0.5) is 0 Å². The van der Waals surface area contributed by atoms with Crippen LogP contribution >= 0.6 is 0 Å². The number of benzene rings is 1. The van der Waals surface area contributed by atoms with E-state index in [2.05, 4.69) is 9.88 Å². The van der Waals surface area contributed by atoms with Gasteiger partial charge in [-0.15, -0.1) is 0 Å². The van der Waals surface area contributed by atoms with E-state index in [0.717, 1.165) is 31.0 Å². The van der Waals surface area contributed by atoms with Crippen molar-refractivity contribution in [1.29, 1.82) is 0 Å².